The molecule has 2 heterocycles. The maximum Gasteiger partial charge on any atom is 0.338 e. The maximum atomic E-state index is 13.6. The van der Waals surface area contributed by atoms with Crippen LogP contribution in [0.2, 0.25) is 10.0 Å². The lowest BCUT2D eigenvalue weighted by Crippen LogP contribution is -2.39. The molecule has 0 amide bonds. The van der Waals surface area contributed by atoms with E-state index in [0.717, 1.165) is 0 Å². The Balaban J connectivity index is 1.98. The Hall–Kier alpha value is -3.07. The van der Waals surface area contributed by atoms with Gasteiger partial charge < -0.3 is 14.2 Å². The van der Waals surface area contributed by atoms with Crippen LogP contribution in [-0.2, 0) is 9.53 Å². The zero-order chi connectivity index (χ0) is 24.6. The second-order valence-electron chi connectivity index (χ2n) is 7.36. The van der Waals surface area contributed by atoms with Crippen LogP contribution in [0.1, 0.15) is 24.1 Å². The Kier molecular flexibility index (Phi) is 6.84. The number of fused-ring (bicyclic) bond motifs is 1. The fraction of sp³-hybridized carbons (Fsp3) is 0.208. The molecular formula is C24H20Cl2N2O5S. The molecule has 1 atom stereocenters. The van der Waals surface area contributed by atoms with Gasteiger partial charge in [0, 0.05) is 0 Å². The molecule has 3 aromatic rings. The number of methoxy groups -OCH3 is 3. The van der Waals surface area contributed by atoms with Crippen molar-refractivity contribution < 1.29 is 19.0 Å². The third-order valence-electron chi connectivity index (χ3n) is 5.39. The number of thiazole rings is 1. The molecule has 0 fully saturated rings. The molecule has 0 saturated heterocycles. The number of halogens is 2. The van der Waals surface area contributed by atoms with E-state index < -0.39 is 12.0 Å². The van der Waals surface area contributed by atoms with Gasteiger partial charge in [-0.25, -0.2) is 9.79 Å². The summed E-state index contributed by atoms with van der Waals surface area (Å²) >= 11 is 13.4. The number of rotatable bonds is 5. The van der Waals surface area contributed by atoms with Gasteiger partial charge in [0.1, 0.15) is 0 Å². The van der Waals surface area contributed by atoms with E-state index in [1.807, 2.05) is 0 Å². The van der Waals surface area contributed by atoms with Crippen LogP contribution in [0.15, 0.2) is 57.5 Å². The molecule has 4 rings (SSSR count). The van der Waals surface area contributed by atoms with Gasteiger partial charge in [0.15, 0.2) is 16.3 Å². The SMILES string of the molecule is COC(=O)C1=C(C)N=c2s/c(=C/c3ccc(Cl)c(Cl)c3)c(=O)n2C1c1ccc(OC)c(OC)c1. The van der Waals surface area contributed by atoms with E-state index in [2.05, 4.69) is 4.99 Å². The standard InChI is InChI=1S/C24H20Cl2N2O5S/c1-12-20(23(30)33-4)21(14-6-8-17(31-2)18(11-14)32-3)28-22(29)19(34-24(28)27-12)10-13-5-7-15(25)16(26)9-13/h5-11,21H,1-4H3/b19-10+. The van der Waals surface area contributed by atoms with E-state index in [1.54, 1.807) is 49.4 Å². The first-order valence-corrected chi connectivity index (χ1v) is 11.6. The Bertz CT molecular complexity index is 1510. The van der Waals surface area contributed by atoms with E-state index in [0.29, 0.717) is 47.7 Å². The molecule has 34 heavy (non-hydrogen) atoms. The lowest BCUT2D eigenvalue weighted by atomic mass is 9.95. The quantitative estimate of drug-likeness (QED) is 0.480. The Morgan fingerprint density at radius 2 is 1.79 bits per heavy atom. The van der Waals surface area contributed by atoms with Crippen molar-refractivity contribution in [2.24, 2.45) is 4.99 Å². The summed E-state index contributed by atoms with van der Waals surface area (Å²) in [6, 6.07) is 9.59. The number of ether oxygens (including phenoxy) is 3. The summed E-state index contributed by atoms with van der Waals surface area (Å²) in [5.41, 5.74) is 1.79. The number of hydrogen-bond donors (Lipinski definition) is 0. The number of allylic oxidation sites excluding steroid dienone is 1. The molecule has 0 bridgehead atoms. The molecule has 176 valence electrons. The topological polar surface area (TPSA) is 79.1 Å². The Labute approximate surface area is 209 Å². The number of aromatic nitrogens is 1. The molecule has 10 heteroatoms. The first kappa shape index (κ1) is 24.1. The molecule has 2 aromatic carbocycles. The number of esters is 1. The van der Waals surface area contributed by atoms with Crippen LogP contribution in [0.4, 0.5) is 0 Å². The second-order valence-corrected chi connectivity index (χ2v) is 9.18. The molecule has 0 spiro atoms. The van der Waals surface area contributed by atoms with Crippen LogP contribution in [0, 0.1) is 0 Å². The van der Waals surface area contributed by atoms with Gasteiger partial charge >= 0.3 is 5.97 Å². The minimum absolute atomic E-state index is 0.267. The molecule has 0 aliphatic carbocycles. The minimum atomic E-state index is -0.764. The predicted octanol–water partition coefficient (Wildman–Crippen LogP) is 3.73. The third-order valence-corrected chi connectivity index (χ3v) is 7.11. The Morgan fingerprint density at radius 1 is 1.06 bits per heavy atom. The summed E-state index contributed by atoms with van der Waals surface area (Å²) in [4.78, 5) is 31.4. The van der Waals surface area contributed by atoms with E-state index in [4.69, 9.17) is 37.4 Å². The molecule has 7 nitrogen and oxygen atoms in total. The van der Waals surface area contributed by atoms with Gasteiger partial charge in [-0.3, -0.25) is 9.36 Å². The van der Waals surface area contributed by atoms with Crippen LogP contribution >= 0.6 is 34.5 Å². The molecule has 0 saturated carbocycles. The highest BCUT2D eigenvalue weighted by Crippen LogP contribution is 2.36. The van der Waals surface area contributed by atoms with Crippen LogP contribution in [0.5, 0.6) is 11.5 Å². The first-order chi connectivity index (χ1) is 16.3. The van der Waals surface area contributed by atoms with Crippen molar-refractivity contribution in [1.82, 2.24) is 4.57 Å². The molecule has 1 unspecified atom stereocenters. The van der Waals surface area contributed by atoms with Gasteiger partial charge in [0.05, 0.1) is 53.2 Å². The number of nitrogens with zero attached hydrogens (tertiary/aromatic N) is 2. The summed E-state index contributed by atoms with van der Waals surface area (Å²) in [7, 11) is 4.35. The van der Waals surface area contributed by atoms with Crippen molar-refractivity contribution in [3.05, 3.63) is 88.5 Å². The van der Waals surface area contributed by atoms with Crippen molar-refractivity contribution in [2.75, 3.05) is 21.3 Å². The fourth-order valence-electron chi connectivity index (χ4n) is 3.78. The average molecular weight is 519 g/mol. The molecular weight excluding hydrogens is 499 g/mol. The van der Waals surface area contributed by atoms with Gasteiger partial charge in [0.2, 0.25) is 0 Å². The zero-order valence-corrected chi connectivity index (χ0v) is 21.0. The second kappa shape index (κ2) is 9.66. The van der Waals surface area contributed by atoms with Crippen LogP contribution < -0.4 is 24.4 Å². The molecule has 0 N–H and O–H groups in total. The molecule has 1 aliphatic rings. The lowest BCUT2D eigenvalue weighted by molar-refractivity contribution is -0.136. The molecule has 0 radical (unpaired) electrons. The van der Waals surface area contributed by atoms with E-state index in [9.17, 15) is 9.59 Å². The van der Waals surface area contributed by atoms with Crippen molar-refractivity contribution in [3.8, 4) is 11.5 Å². The smallest absolute Gasteiger partial charge is 0.338 e. The summed E-state index contributed by atoms with van der Waals surface area (Å²) in [5.74, 6) is 0.426. The van der Waals surface area contributed by atoms with Crippen LogP contribution in [-0.4, -0.2) is 31.9 Å². The Morgan fingerprint density at radius 3 is 2.44 bits per heavy atom. The van der Waals surface area contributed by atoms with Gasteiger partial charge in [-0.05, 0) is 48.4 Å². The van der Waals surface area contributed by atoms with E-state index >= 15 is 0 Å². The maximum absolute atomic E-state index is 13.6. The minimum Gasteiger partial charge on any atom is -0.493 e. The van der Waals surface area contributed by atoms with E-state index in [-0.39, 0.29) is 11.1 Å². The predicted molar refractivity (Wildman–Crippen MR) is 132 cm³/mol. The normalized spacial score (nSPS) is 15.6. The number of benzene rings is 2. The van der Waals surface area contributed by atoms with Gasteiger partial charge in [-0.1, -0.05) is 46.7 Å². The summed E-state index contributed by atoms with van der Waals surface area (Å²) in [6.07, 6.45) is 1.72. The molecule has 1 aliphatic heterocycles. The van der Waals surface area contributed by atoms with Gasteiger partial charge in [-0.15, -0.1) is 0 Å². The van der Waals surface area contributed by atoms with Crippen molar-refractivity contribution >= 4 is 46.6 Å². The summed E-state index contributed by atoms with van der Waals surface area (Å²) in [6.45, 7) is 1.72. The fourth-order valence-corrected chi connectivity index (χ4v) is 5.14. The highest BCUT2D eigenvalue weighted by Gasteiger charge is 2.33. The third kappa shape index (κ3) is 4.24. The van der Waals surface area contributed by atoms with Crippen LogP contribution in [0.25, 0.3) is 6.08 Å². The van der Waals surface area contributed by atoms with Gasteiger partial charge in [-0.2, -0.15) is 0 Å². The summed E-state index contributed by atoms with van der Waals surface area (Å²) in [5, 5.41) is 0.808. The zero-order valence-electron chi connectivity index (χ0n) is 18.7. The van der Waals surface area contributed by atoms with Crippen molar-refractivity contribution in [2.45, 2.75) is 13.0 Å². The largest absolute Gasteiger partial charge is 0.493 e. The van der Waals surface area contributed by atoms with Crippen molar-refractivity contribution in [3.63, 3.8) is 0 Å². The van der Waals surface area contributed by atoms with Gasteiger partial charge in [0.25, 0.3) is 5.56 Å². The lowest BCUT2D eigenvalue weighted by Gasteiger charge is -2.25. The highest BCUT2D eigenvalue weighted by molar-refractivity contribution is 7.07. The molecule has 1 aromatic heterocycles. The first-order valence-electron chi connectivity index (χ1n) is 10.1. The number of carbonyl (C=O) groups is 1. The number of carbonyl (C=O) groups excluding carboxylic acids is 1. The summed E-state index contributed by atoms with van der Waals surface area (Å²) < 4.78 is 17.7. The van der Waals surface area contributed by atoms with Crippen molar-refractivity contribution in [1.29, 1.82) is 0 Å². The average Bonchev–Trinajstić information content (AvgIpc) is 3.13. The van der Waals surface area contributed by atoms with E-state index in [1.165, 1.54) is 37.2 Å². The number of hydrogen-bond acceptors (Lipinski definition) is 7. The monoisotopic (exact) mass is 518 g/mol. The van der Waals surface area contributed by atoms with Crippen LogP contribution in [0.3, 0.4) is 0 Å². The highest BCUT2D eigenvalue weighted by atomic mass is 35.5.